The molecule has 1 unspecified atom stereocenters. The van der Waals surface area contributed by atoms with E-state index >= 15 is 0 Å². The van der Waals surface area contributed by atoms with E-state index < -0.39 is 6.10 Å². The molecule has 2 nitrogen and oxygen atoms in total. The number of hydrogen-bond donors (Lipinski definition) is 1. The van der Waals surface area contributed by atoms with E-state index in [0.717, 1.165) is 16.5 Å². The average Bonchev–Trinajstić information content (AvgIpc) is 2.59. The van der Waals surface area contributed by atoms with Crippen LogP contribution < -0.4 is 0 Å². The number of hydrogen-bond acceptors (Lipinski definition) is 2. The number of aliphatic hydroxyl groups is 1. The second kappa shape index (κ2) is 3.38. The van der Waals surface area contributed by atoms with E-state index in [1.165, 1.54) is 11.1 Å². The molecule has 1 aromatic carbocycles. The van der Waals surface area contributed by atoms with Gasteiger partial charge in [0.25, 0.3) is 0 Å². The van der Waals surface area contributed by atoms with Gasteiger partial charge in [-0.15, -0.1) is 0 Å². The van der Waals surface area contributed by atoms with Gasteiger partial charge in [-0.05, 0) is 50.5 Å². The SMILES string of the molecule is Cc1cc(C)c2cc(C(C)O)oc2c1C. The molecule has 2 aromatic rings. The summed E-state index contributed by atoms with van der Waals surface area (Å²) in [6.07, 6.45) is -0.545. The van der Waals surface area contributed by atoms with Crippen molar-refractivity contribution in [2.45, 2.75) is 33.8 Å². The van der Waals surface area contributed by atoms with Gasteiger partial charge in [0.05, 0.1) is 0 Å². The van der Waals surface area contributed by atoms with Crippen molar-refractivity contribution in [1.82, 2.24) is 0 Å². The minimum Gasteiger partial charge on any atom is -0.458 e. The first-order valence-electron chi connectivity index (χ1n) is 5.19. The van der Waals surface area contributed by atoms with E-state index in [1.54, 1.807) is 6.92 Å². The summed E-state index contributed by atoms with van der Waals surface area (Å²) in [5.41, 5.74) is 4.49. The van der Waals surface area contributed by atoms with Crippen LogP contribution in [-0.2, 0) is 0 Å². The first kappa shape index (κ1) is 10.2. The van der Waals surface area contributed by atoms with Crippen molar-refractivity contribution in [3.8, 4) is 0 Å². The molecular formula is C13H16O2. The molecule has 0 amide bonds. The van der Waals surface area contributed by atoms with Crippen LogP contribution in [0.25, 0.3) is 11.0 Å². The van der Waals surface area contributed by atoms with Gasteiger partial charge < -0.3 is 9.52 Å². The summed E-state index contributed by atoms with van der Waals surface area (Å²) in [5, 5.41) is 10.6. The second-order valence-electron chi connectivity index (χ2n) is 4.20. The molecule has 0 spiro atoms. The molecule has 15 heavy (non-hydrogen) atoms. The van der Waals surface area contributed by atoms with Gasteiger partial charge in [0.15, 0.2) is 0 Å². The Bertz CT molecular complexity index is 507. The number of benzene rings is 1. The van der Waals surface area contributed by atoms with Crippen molar-refractivity contribution < 1.29 is 9.52 Å². The fourth-order valence-corrected chi connectivity index (χ4v) is 1.88. The maximum atomic E-state index is 9.48. The van der Waals surface area contributed by atoms with Crippen LogP contribution in [0.3, 0.4) is 0 Å². The molecule has 1 atom stereocenters. The van der Waals surface area contributed by atoms with Crippen LogP contribution in [0, 0.1) is 20.8 Å². The van der Waals surface area contributed by atoms with Crippen LogP contribution in [0.4, 0.5) is 0 Å². The zero-order valence-electron chi connectivity index (χ0n) is 9.59. The van der Waals surface area contributed by atoms with Crippen LogP contribution in [-0.4, -0.2) is 5.11 Å². The van der Waals surface area contributed by atoms with Crippen LogP contribution in [0.1, 0.15) is 35.5 Å². The third-order valence-corrected chi connectivity index (χ3v) is 2.95. The summed E-state index contributed by atoms with van der Waals surface area (Å²) in [5.74, 6) is 0.641. The Kier molecular flexibility index (Phi) is 2.31. The lowest BCUT2D eigenvalue weighted by Gasteiger charge is -2.03. The van der Waals surface area contributed by atoms with Gasteiger partial charge in [-0.1, -0.05) is 6.07 Å². The normalized spacial score (nSPS) is 13.4. The van der Waals surface area contributed by atoms with Crippen LogP contribution in [0.15, 0.2) is 16.5 Å². The van der Waals surface area contributed by atoms with Crippen molar-refractivity contribution in [2.24, 2.45) is 0 Å². The summed E-state index contributed by atoms with van der Waals surface area (Å²) in [4.78, 5) is 0. The zero-order chi connectivity index (χ0) is 11.2. The van der Waals surface area contributed by atoms with Crippen molar-refractivity contribution in [1.29, 1.82) is 0 Å². The molecular weight excluding hydrogens is 188 g/mol. The molecule has 2 rings (SSSR count). The van der Waals surface area contributed by atoms with E-state index in [-0.39, 0.29) is 0 Å². The molecule has 0 saturated heterocycles. The Balaban J connectivity index is 2.80. The Morgan fingerprint density at radius 1 is 1.13 bits per heavy atom. The molecule has 0 radical (unpaired) electrons. The van der Waals surface area contributed by atoms with E-state index in [2.05, 4.69) is 19.9 Å². The minimum absolute atomic E-state index is 0.545. The number of furan rings is 1. The van der Waals surface area contributed by atoms with Gasteiger partial charge in [0.2, 0.25) is 0 Å². The summed E-state index contributed by atoms with van der Waals surface area (Å²) in [7, 11) is 0. The van der Waals surface area contributed by atoms with E-state index in [1.807, 2.05) is 13.0 Å². The molecule has 0 bridgehead atoms. The molecule has 0 aliphatic heterocycles. The quantitative estimate of drug-likeness (QED) is 0.772. The first-order valence-corrected chi connectivity index (χ1v) is 5.19. The molecule has 1 N–H and O–H groups in total. The van der Waals surface area contributed by atoms with Crippen LogP contribution >= 0.6 is 0 Å². The van der Waals surface area contributed by atoms with Gasteiger partial charge >= 0.3 is 0 Å². The third-order valence-electron chi connectivity index (χ3n) is 2.95. The highest BCUT2D eigenvalue weighted by atomic mass is 16.4. The molecule has 0 aliphatic rings. The number of fused-ring (bicyclic) bond motifs is 1. The summed E-state index contributed by atoms with van der Waals surface area (Å²) in [6.45, 7) is 7.91. The second-order valence-corrected chi connectivity index (χ2v) is 4.20. The molecule has 0 aliphatic carbocycles. The summed E-state index contributed by atoms with van der Waals surface area (Å²) < 4.78 is 5.67. The first-order chi connectivity index (χ1) is 7.00. The third kappa shape index (κ3) is 1.55. The maximum Gasteiger partial charge on any atom is 0.137 e. The molecule has 0 saturated carbocycles. The van der Waals surface area contributed by atoms with Gasteiger partial charge in [-0.3, -0.25) is 0 Å². The highest BCUT2D eigenvalue weighted by Crippen LogP contribution is 2.30. The number of aryl methyl sites for hydroxylation is 3. The van der Waals surface area contributed by atoms with Crippen LogP contribution in [0.5, 0.6) is 0 Å². The van der Waals surface area contributed by atoms with Crippen molar-refractivity contribution in [3.63, 3.8) is 0 Å². The van der Waals surface area contributed by atoms with Gasteiger partial charge in [0.1, 0.15) is 17.4 Å². The zero-order valence-corrected chi connectivity index (χ0v) is 9.59. The lowest BCUT2D eigenvalue weighted by atomic mass is 10.0. The molecule has 1 heterocycles. The molecule has 2 heteroatoms. The minimum atomic E-state index is -0.545. The largest absolute Gasteiger partial charge is 0.458 e. The predicted molar refractivity (Wildman–Crippen MR) is 61.1 cm³/mol. The summed E-state index contributed by atoms with van der Waals surface area (Å²) >= 11 is 0. The highest BCUT2D eigenvalue weighted by Gasteiger charge is 2.13. The standard InChI is InChI=1S/C13H16O2/c1-7-5-8(2)11-6-12(10(4)14)15-13(11)9(7)3/h5-6,10,14H,1-4H3. The predicted octanol–water partition coefficient (Wildman–Crippen LogP) is 3.41. The lowest BCUT2D eigenvalue weighted by molar-refractivity contribution is 0.172. The van der Waals surface area contributed by atoms with Crippen molar-refractivity contribution >= 4 is 11.0 Å². The number of rotatable bonds is 1. The Hall–Kier alpha value is -1.28. The van der Waals surface area contributed by atoms with Gasteiger partial charge in [0, 0.05) is 5.39 Å². The van der Waals surface area contributed by atoms with Crippen molar-refractivity contribution in [3.05, 3.63) is 34.6 Å². The molecule has 80 valence electrons. The summed E-state index contributed by atoms with van der Waals surface area (Å²) in [6, 6.07) is 4.08. The maximum absolute atomic E-state index is 9.48. The Morgan fingerprint density at radius 3 is 2.40 bits per heavy atom. The van der Waals surface area contributed by atoms with Gasteiger partial charge in [-0.25, -0.2) is 0 Å². The fraction of sp³-hybridized carbons (Fsp3) is 0.385. The number of aliphatic hydroxyl groups excluding tert-OH is 1. The average molecular weight is 204 g/mol. The van der Waals surface area contributed by atoms with Crippen molar-refractivity contribution in [2.75, 3.05) is 0 Å². The van der Waals surface area contributed by atoms with Gasteiger partial charge in [-0.2, -0.15) is 0 Å². The lowest BCUT2D eigenvalue weighted by Crippen LogP contribution is -1.85. The monoisotopic (exact) mass is 204 g/mol. The van der Waals surface area contributed by atoms with E-state index in [4.69, 9.17) is 4.42 Å². The smallest absolute Gasteiger partial charge is 0.137 e. The Labute approximate surface area is 89.5 Å². The Morgan fingerprint density at radius 2 is 1.80 bits per heavy atom. The van der Waals surface area contributed by atoms with E-state index in [9.17, 15) is 5.11 Å². The molecule has 1 aromatic heterocycles. The topological polar surface area (TPSA) is 33.4 Å². The highest BCUT2D eigenvalue weighted by molar-refractivity contribution is 5.85. The molecule has 0 fully saturated rings. The van der Waals surface area contributed by atoms with Crippen LogP contribution in [0.2, 0.25) is 0 Å². The van der Waals surface area contributed by atoms with E-state index in [0.29, 0.717) is 5.76 Å². The fourth-order valence-electron chi connectivity index (χ4n) is 1.88.